The van der Waals surface area contributed by atoms with Crippen molar-refractivity contribution in [2.24, 2.45) is 0 Å². The Kier molecular flexibility index (Phi) is 3.46. The van der Waals surface area contributed by atoms with Gasteiger partial charge in [0.05, 0.1) is 11.5 Å². The minimum atomic E-state index is -0.185. The summed E-state index contributed by atoms with van der Waals surface area (Å²) in [6, 6.07) is 6.16. The van der Waals surface area contributed by atoms with Gasteiger partial charge in [0.2, 0.25) is 18.6 Å². The largest absolute Gasteiger partial charge is 0.454 e. The monoisotopic (exact) mass is 343 g/mol. The van der Waals surface area contributed by atoms with E-state index in [-0.39, 0.29) is 11.5 Å². The van der Waals surface area contributed by atoms with Gasteiger partial charge in [-0.2, -0.15) is 0 Å². The standard InChI is InChI=1S/C18H21N3O4/c1-12-19-20-17(25-12)18-5-7-22-16(18)4-6-21(10-18)9-13-2-3-14-15(8-13)24-11-23-14/h2-3,8,16H,4-7,9-11H2,1H3/t16-,18-/m1/s1. The highest BCUT2D eigenvalue weighted by Gasteiger charge is 2.52. The molecule has 3 aliphatic rings. The molecular formula is C18H21N3O4. The number of fused-ring (bicyclic) bond motifs is 2. The molecule has 4 heterocycles. The quantitative estimate of drug-likeness (QED) is 0.844. The SMILES string of the molecule is Cc1nnc([C@@]23CCO[C@@H]2CCN(Cc2ccc4c(c2)OCO4)C3)o1. The number of nitrogens with zero attached hydrogens (tertiary/aromatic N) is 3. The van der Waals surface area contributed by atoms with E-state index in [0.29, 0.717) is 12.7 Å². The van der Waals surface area contributed by atoms with Gasteiger partial charge >= 0.3 is 0 Å². The maximum Gasteiger partial charge on any atom is 0.231 e. The Morgan fingerprint density at radius 1 is 1.24 bits per heavy atom. The zero-order valence-electron chi connectivity index (χ0n) is 14.2. The van der Waals surface area contributed by atoms with Crippen LogP contribution in [0.25, 0.3) is 0 Å². The molecule has 0 radical (unpaired) electrons. The van der Waals surface area contributed by atoms with E-state index >= 15 is 0 Å². The number of aromatic nitrogens is 2. The Labute approximate surface area is 145 Å². The molecule has 2 fully saturated rings. The average Bonchev–Trinajstić information content (AvgIpc) is 3.33. The van der Waals surface area contributed by atoms with E-state index in [1.54, 1.807) is 0 Å². The van der Waals surface area contributed by atoms with Crippen molar-refractivity contribution in [3.05, 3.63) is 35.5 Å². The van der Waals surface area contributed by atoms with Crippen LogP contribution in [0.1, 0.15) is 30.2 Å². The van der Waals surface area contributed by atoms with Gasteiger partial charge in [-0.1, -0.05) is 6.07 Å². The third-order valence-electron chi connectivity index (χ3n) is 5.49. The van der Waals surface area contributed by atoms with Crippen LogP contribution >= 0.6 is 0 Å². The van der Waals surface area contributed by atoms with E-state index in [1.807, 2.05) is 13.0 Å². The van der Waals surface area contributed by atoms with Gasteiger partial charge in [0, 0.05) is 33.2 Å². The molecule has 5 rings (SSSR count). The lowest BCUT2D eigenvalue weighted by atomic mass is 9.76. The van der Waals surface area contributed by atoms with Crippen LogP contribution in [0.4, 0.5) is 0 Å². The summed E-state index contributed by atoms with van der Waals surface area (Å²) < 4.78 is 22.7. The van der Waals surface area contributed by atoms with Crippen LogP contribution in [0.5, 0.6) is 11.5 Å². The second kappa shape index (κ2) is 5.71. The molecule has 2 saturated heterocycles. The highest BCUT2D eigenvalue weighted by atomic mass is 16.7. The molecule has 0 bridgehead atoms. The van der Waals surface area contributed by atoms with Gasteiger partial charge in [-0.3, -0.25) is 4.90 Å². The van der Waals surface area contributed by atoms with Crippen molar-refractivity contribution in [2.75, 3.05) is 26.5 Å². The van der Waals surface area contributed by atoms with Crippen LogP contribution in [0.3, 0.4) is 0 Å². The first kappa shape index (κ1) is 15.2. The lowest BCUT2D eigenvalue weighted by Gasteiger charge is -2.41. The highest BCUT2D eigenvalue weighted by Crippen LogP contribution is 2.43. The normalized spacial score (nSPS) is 28.3. The predicted molar refractivity (Wildman–Crippen MR) is 87.5 cm³/mol. The summed E-state index contributed by atoms with van der Waals surface area (Å²) in [5, 5.41) is 8.38. The fourth-order valence-electron chi connectivity index (χ4n) is 4.26. The maximum atomic E-state index is 5.99. The Hall–Kier alpha value is -2.12. The van der Waals surface area contributed by atoms with E-state index in [0.717, 1.165) is 56.5 Å². The van der Waals surface area contributed by atoms with E-state index in [2.05, 4.69) is 27.2 Å². The van der Waals surface area contributed by atoms with Crippen molar-refractivity contribution < 1.29 is 18.6 Å². The number of benzene rings is 1. The summed E-state index contributed by atoms with van der Waals surface area (Å²) >= 11 is 0. The number of rotatable bonds is 3. The van der Waals surface area contributed by atoms with Crippen molar-refractivity contribution in [1.29, 1.82) is 0 Å². The zero-order chi connectivity index (χ0) is 16.9. The molecule has 1 aromatic carbocycles. The van der Waals surface area contributed by atoms with Gasteiger partial charge in [0.15, 0.2) is 11.5 Å². The van der Waals surface area contributed by atoms with Crippen LogP contribution in [-0.4, -0.2) is 47.7 Å². The van der Waals surface area contributed by atoms with Gasteiger partial charge < -0.3 is 18.6 Å². The predicted octanol–water partition coefficient (Wildman–Crippen LogP) is 2.04. The molecule has 0 saturated carbocycles. The molecule has 2 aromatic rings. The summed E-state index contributed by atoms with van der Waals surface area (Å²) in [6.07, 6.45) is 2.07. The van der Waals surface area contributed by atoms with Crippen molar-refractivity contribution in [1.82, 2.24) is 15.1 Å². The van der Waals surface area contributed by atoms with Crippen molar-refractivity contribution >= 4 is 0 Å². The molecule has 7 heteroatoms. The topological polar surface area (TPSA) is 69.9 Å². The van der Waals surface area contributed by atoms with Gasteiger partial charge in [0.25, 0.3) is 0 Å². The zero-order valence-corrected chi connectivity index (χ0v) is 14.2. The maximum absolute atomic E-state index is 5.99. The number of piperidine rings is 1. The third kappa shape index (κ3) is 2.49. The number of likely N-dealkylation sites (tertiary alicyclic amines) is 1. The van der Waals surface area contributed by atoms with Crippen LogP contribution in [0, 0.1) is 6.92 Å². The van der Waals surface area contributed by atoms with Crippen LogP contribution in [-0.2, 0) is 16.7 Å². The molecule has 1 aromatic heterocycles. The molecule has 7 nitrogen and oxygen atoms in total. The summed E-state index contributed by atoms with van der Waals surface area (Å²) in [5.74, 6) is 2.99. The smallest absolute Gasteiger partial charge is 0.231 e. The van der Waals surface area contributed by atoms with Gasteiger partial charge in [-0.25, -0.2) is 0 Å². The first-order valence-corrected chi connectivity index (χ1v) is 8.76. The summed E-state index contributed by atoms with van der Waals surface area (Å²) in [5.41, 5.74) is 1.04. The average molecular weight is 343 g/mol. The second-order valence-corrected chi connectivity index (χ2v) is 7.08. The molecular weight excluding hydrogens is 322 g/mol. The number of aryl methyl sites for hydroxylation is 1. The second-order valence-electron chi connectivity index (χ2n) is 7.08. The molecule has 0 amide bonds. The minimum Gasteiger partial charge on any atom is -0.454 e. The number of hydrogen-bond acceptors (Lipinski definition) is 7. The Balaban J connectivity index is 1.39. The number of hydrogen-bond donors (Lipinski definition) is 0. The molecule has 0 N–H and O–H groups in total. The van der Waals surface area contributed by atoms with Crippen molar-refractivity contribution in [2.45, 2.75) is 37.8 Å². The molecule has 2 atom stereocenters. The first-order chi connectivity index (χ1) is 12.2. The summed E-state index contributed by atoms with van der Waals surface area (Å²) in [7, 11) is 0. The molecule has 0 spiro atoms. The lowest BCUT2D eigenvalue weighted by Crippen LogP contribution is -2.52. The van der Waals surface area contributed by atoms with Gasteiger partial charge in [0.1, 0.15) is 0 Å². The Morgan fingerprint density at radius 2 is 2.16 bits per heavy atom. The van der Waals surface area contributed by atoms with E-state index in [4.69, 9.17) is 18.6 Å². The summed E-state index contributed by atoms with van der Waals surface area (Å²) in [6.45, 7) is 5.62. The van der Waals surface area contributed by atoms with E-state index in [9.17, 15) is 0 Å². The van der Waals surface area contributed by atoms with E-state index < -0.39 is 0 Å². The molecule has 25 heavy (non-hydrogen) atoms. The van der Waals surface area contributed by atoms with E-state index in [1.165, 1.54) is 5.56 Å². The molecule has 132 valence electrons. The van der Waals surface area contributed by atoms with Gasteiger partial charge in [-0.05, 0) is 30.5 Å². The van der Waals surface area contributed by atoms with Crippen LogP contribution in [0.2, 0.25) is 0 Å². The fourth-order valence-corrected chi connectivity index (χ4v) is 4.26. The summed E-state index contributed by atoms with van der Waals surface area (Å²) in [4.78, 5) is 2.45. The van der Waals surface area contributed by atoms with Crippen molar-refractivity contribution in [3.63, 3.8) is 0 Å². The molecule has 0 unspecified atom stereocenters. The number of ether oxygens (including phenoxy) is 3. The fraction of sp³-hybridized carbons (Fsp3) is 0.556. The minimum absolute atomic E-state index is 0.167. The Morgan fingerprint density at radius 3 is 3.04 bits per heavy atom. The highest BCUT2D eigenvalue weighted by molar-refractivity contribution is 5.44. The Bertz CT molecular complexity index is 792. The molecule has 3 aliphatic heterocycles. The van der Waals surface area contributed by atoms with Crippen LogP contribution in [0.15, 0.2) is 22.6 Å². The van der Waals surface area contributed by atoms with Crippen LogP contribution < -0.4 is 9.47 Å². The molecule has 0 aliphatic carbocycles. The lowest BCUT2D eigenvalue weighted by molar-refractivity contribution is 0.00582. The third-order valence-corrected chi connectivity index (χ3v) is 5.49. The van der Waals surface area contributed by atoms with Crippen molar-refractivity contribution in [3.8, 4) is 11.5 Å². The van der Waals surface area contributed by atoms with Gasteiger partial charge in [-0.15, -0.1) is 10.2 Å². The first-order valence-electron chi connectivity index (χ1n) is 8.76.